The van der Waals surface area contributed by atoms with Gasteiger partial charge < -0.3 is 15.1 Å². The van der Waals surface area contributed by atoms with E-state index >= 15 is 0 Å². The van der Waals surface area contributed by atoms with E-state index in [0.717, 1.165) is 38.1 Å². The van der Waals surface area contributed by atoms with Gasteiger partial charge in [0.1, 0.15) is 6.54 Å². The number of pyridine rings is 1. The molecule has 2 aromatic carbocycles. The number of benzene rings is 2. The molecular formula is C27H32N5O3+. The predicted octanol–water partition coefficient (Wildman–Crippen LogP) is 2.23. The van der Waals surface area contributed by atoms with Crippen molar-refractivity contribution in [1.29, 1.82) is 0 Å². The van der Waals surface area contributed by atoms with Gasteiger partial charge in [0.25, 0.3) is 11.8 Å². The fraction of sp³-hybridized carbons (Fsp3) is 0.333. The summed E-state index contributed by atoms with van der Waals surface area (Å²) in [5.74, 6) is -0.763. The Bertz CT molecular complexity index is 1250. The van der Waals surface area contributed by atoms with Crippen LogP contribution in [0.15, 0.2) is 54.6 Å². The molecule has 0 unspecified atom stereocenters. The average Bonchev–Trinajstić information content (AvgIpc) is 3.15. The molecule has 0 radical (unpaired) electrons. The number of carbonyl (C=O) groups excluding carboxylic acids is 3. The number of rotatable bonds is 9. The molecule has 0 saturated heterocycles. The van der Waals surface area contributed by atoms with Crippen molar-refractivity contribution < 1.29 is 19.0 Å². The minimum absolute atomic E-state index is 0.0924. The van der Waals surface area contributed by atoms with Gasteiger partial charge in [-0.1, -0.05) is 0 Å². The molecule has 8 heteroatoms. The van der Waals surface area contributed by atoms with E-state index < -0.39 is 0 Å². The predicted molar refractivity (Wildman–Crippen MR) is 138 cm³/mol. The van der Waals surface area contributed by atoms with E-state index in [1.807, 2.05) is 28.2 Å². The number of anilines is 2. The van der Waals surface area contributed by atoms with Gasteiger partial charge in [-0.15, -0.1) is 0 Å². The Balaban J connectivity index is 1.51. The minimum atomic E-state index is -0.335. The fourth-order valence-electron chi connectivity index (χ4n) is 4.32. The Morgan fingerprint density at radius 2 is 1.40 bits per heavy atom. The third-order valence-corrected chi connectivity index (χ3v) is 6.30. The molecule has 0 aliphatic carbocycles. The number of fused-ring (bicyclic) bond motifs is 2. The summed E-state index contributed by atoms with van der Waals surface area (Å²) in [6, 6.07) is 15.1. The largest absolute Gasteiger partial charge is 0.377 e. The lowest BCUT2D eigenvalue weighted by Crippen LogP contribution is -2.39. The highest BCUT2D eigenvalue weighted by molar-refractivity contribution is 6.12. The first kappa shape index (κ1) is 24.2. The van der Waals surface area contributed by atoms with Crippen molar-refractivity contribution in [1.82, 2.24) is 10.2 Å². The zero-order chi connectivity index (χ0) is 25.1. The van der Waals surface area contributed by atoms with Gasteiger partial charge in [0.15, 0.2) is 0 Å². The Morgan fingerprint density at radius 1 is 0.857 bits per heavy atom. The third kappa shape index (κ3) is 5.26. The summed E-state index contributed by atoms with van der Waals surface area (Å²) in [5.41, 5.74) is 4.48. The van der Waals surface area contributed by atoms with E-state index in [1.54, 1.807) is 0 Å². The Hall–Kier alpha value is -3.94. The maximum atomic E-state index is 12.4. The zero-order valence-electron chi connectivity index (χ0n) is 20.7. The van der Waals surface area contributed by atoms with Gasteiger partial charge in [-0.05, 0) is 30.3 Å². The zero-order valence-corrected chi connectivity index (χ0v) is 20.7. The first-order valence-electron chi connectivity index (χ1n) is 11.8. The number of hydrogen-bond donors (Lipinski definition) is 1. The fourth-order valence-corrected chi connectivity index (χ4v) is 4.32. The minimum Gasteiger partial charge on any atom is -0.377 e. The van der Waals surface area contributed by atoms with Gasteiger partial charge in [0, 0.05) is 101 Å². The molecule has 1 aliphatic rings. The van der Waals surface area contributed by atoms with E-state index in [2.05, 4.69) is 62.1 Å². The second-order valence-corrected chi connectivity index (χ2v) is 9.19. The van der Waals surface area contributed by atoms with Crippen molar-refractivity contribution in [2.75, 3.05) is 51.1 Å². The van der Waals surface area contributed by atoms with Gasteiger partial charge in [0.05, 0.1) is 0 Å². The normalized spacial score (nSPS) is 13.2. The van der Waals surface area contributed by atoms with Crippen LogP contribution < -0.4 is 19.7 Å². The first-order valence-corrected chi connectivity index (χ1v) is 11.8. The van der Waals surface area contributed by atoms with E-state index in [-0.39, 0.29) is 30.8 Å². The van der Waals surface area contributed by atoms with Crippen molar-refractivity contribution >= 4 is 50.9 Å². The van der Waals surface area contributed by atoms with Crippen molar-refractivity contribution in [3.8, 4) is 0 Å². The number of imide groups is 1. The lowest BCUT2D eigenvalue weighted by Gasteiger charge is -2.15. The van der Waals surface area contributed by atoms with Crippen molar-refractivity contribution in [3.63, 3.8) is 0 Å². The SMILES string of the molecule is CN(C)c1ccc2cc3ccc(N(C)C)cc3[n+](CCCC(=O)NCCN3C(=O)C=CC3=O)c2c1. The summed E-state index contributed by atoms with van der Waals surface area (Å²) in [5, 5.41) is 5.13. The van der Waals surface area contributed by atoms with Crippen LogP contribution in [0.4, 0.5) is 11.4 Å². The number of aromatic nitrogens is 1. The molecular weight excluding hydrogens is 442 g/mol. The molecule has 1 aromatic heterocycles. The van der Waals surface area contributed by atoms with Crippen LogP contribution in [0.3, 0.4) is 0 Å². The summed E-state index contributed by atoms with van der Waals surface area (Å²) >= 11 is 0. The van der Waals surface area contributed by atoms with E-state index in [0.29, 0.717) is 19.4 Å². The number of aryl methyl sites for hydroxylation is 1. The molecule has 0 spiro atoms. The Kier molecular flexibility index (Phi) is 7.00. The quantitative estimate of drug-likeness (QED) is 0.292. The van der Waals surface area contributed by atoms with Crippen LogP contribution in [-0.2, 0) is 20.9 Å². The second-order valence-electron chi connectivity index (χ2n) is 9.19. The average molecular weight is 475 g/mol. The number of carbonyl (C=O) groups is 3. The molecule has 0 bridgehead atoms. The summed E-state index contributed by atoms with van der Waals surface area (Å²) in [4.78, 5) is 41.0. The molecule has 3 aromatic rings. The van der Waals surface area contributed by atoms with E-state index in [9.17, 15) is 14.4 Å². The molecule has 0 saturated carbocycles. The smallest absolute Gasteiger partial charge is 0.253 e. The number of nitrogens with one attached hydrogen (secondary N) is 1. The summed E-state index contributed by atoms with van der Waals surface area (Å²) < 4.78 is 2.30. The van der Waals surface area contributed by atoms with Gasteiger partial charge in [-0.2, -0.15) is 4.57 Å². The summed E-state index contributed by atoms with van der Waals surface area (Å²) in [6.45, 7) is 1.11. The van der Waals surface area contributed by atoms with Crippen LogP contribution in [0.25, 0.3) is 21.8 Å². The second kappa shape index (κ2) is 10.1. The Labute approximate surface area is 205 Å². The highest BCUT2D eigenvalue weighted by atomic mass is 16.2. The maximum Gasteiger partial charge on any atom is 0.253 e. The standard InChI is InChI=1S/C27H31N5O3/c1-29(2)21-9-7-19-16-20-8-10-22(30(3)4)18-24(20)31(23(19)17-21)14-5-6-25(33)28-13-15-32-26(34)11-12-27(32)35/h7-12,16-18H,5-6,13-15H2,1-4H3/p+1. The molecule has 0 atom stereocenters. The Morgan fingerprint density at radius 3 is 1.91 bits per heavy atom. The molecule has 4 rings (SSSR count). The molecule has 8 nitrogen and oxygen atoms in total. The molecule has 1 N–H and O–H groups in total. The summed E-state index contributed by atoms with van der Waals surface area (Å²) in [7, 11) is 8.11. The van der Waals surface area contributed by atoms with Crippen molar-refractivity contribution in [2.24, 2.45) is 0 Å². The third-order valence-electron chi connectivity index (χ3n) is 6.30. The first-order chi connectivity index (χ1) is 16.7. The van der Waals surface area contributed by atoms with Crippen LogP contribution >= 0.6 is 0 Å². The van der Waals surface area contributed by atoms with Crippen molar-refractivity contribution in [2.45, 2.75) is 19.4 Å². The van der Waals surface area contributed by atoms with E-state index in [1.165, 1.54) is 12.2 Å². The van der Waals surface area contributed by atoms with E-state index in [4.69, 9.17) is 0 Å². The highest BCUT2D eigenvalue weighted by Crippen LogP contribution is 2.25. The van der Waals surface area contributed by atoms with Crippen LogP contribution in [0.2, 0.25) is 0 Å². The van der Waals surface area contributed by atoms with Gasteiger partial charge in [0.2, 0.25) is 16.9 Å². The lowest BCUT2D eigenvalue weighted by atomic mass is 10.1. The van der Waals surface area contributed by atoms with Crippen LogP contribution in [0.5, 0.6) is 0 Å². The monoisotopic (exact) mass is 474 g/mol. The number of hydrogen-bond acceptors (Lipinski definition) is 5. The van der Waals surface area contributed by atoms with Gasteiger partial charge in [-0.3, -0.25) is 19.3 Å². The van der Waals surface area contributed by atoms with Crippen LogP contribution in [0.1, 0.15) is 12.8 Å². The molecule has 35 heavy (non-hydrogen) atoms. The van der Waals surface area contributed by atoms with Gasteiger partial charge in [-0.25, -0.2) is 0 Å². The number of amides is 3. The van der Waals surface area contributed by atoms with Crippen LogP contribution in [-0.4, -0.2) is 63.9 Å². The summed E-state index contributed by atoms with van der Waals surface area (Å²) in [6.07, 6.45) is 3.51. The maximum absolute atomic E-state index is 12.4. The highest BCUT2D eigenvalue weighted by Gasteiger charge is 2.23. The number of nitrogens with zero attached hydrogens (tertiary/aromatic N) is 4. The lowest BCUT2D eigenvalue weighted by molar-refractivity contribution is -0.645. The van der Waals surface area contributed by atoms with Crippen LogP contribution in [0, 0.1) is 0 Å². The van der Waals surface area contributed by atoms with Crippen molar-refractivity contribution in [3.05, 3.63) is 54.6 Å². The molecule has 0 fully saturated rings. The molecule has 2 heterocycles. The molecule has 182 valence electrons. The van der Waals surface area contributed by atoms with Gasteiger partial charge >= 0.3 is 0 Å². The topological polar surface area (TPSA) is 76.8 Å². The molecule has 3 amide bonds. The molecule has 1 aliphatic heterocycles.